The molecule has 0 amide bonds. The molecule has 0 bridgehead atoms. The third kappa shape index (κ3) is 2.82. The summed E-state index contributed by atoms with van der Waals surface area (Å²) in [5.41, 5.74) is 1.67. The SMILES string of the molecule is CCOC(=O)c1[nH]c2c(=O)n(CC)nc(-c3cccc(F)c3)c2c1C. The predicted octanol–water partition coefficient (Wildman–Crippen LogP) is 3.04. The van der Waals surface area contributed by atoms with Crippen LogP contribution >= 0.6 is 0 Å². The van der Waals surface area contributed by atoms with Crippen LogP contribution in [0.25, 0.3) is 22.2 Å². The van der Waals surface area contributed by atoms with E-state index in [1.807, 2.05) is 0 Å². The average Bonchev–Trinajstić information content (AvgIpc) is 2.94. The van der Waals surface area contributed by atoms with Gasteiger partial charge in [0.25, 0.3) is 5.56 Å². The molecular formula is C18H18FN3O3. The molecule has 7 heteroatoms. The van der Waals surface area contributed by atoms with E-state index in [2.05, 4.69) is 10.1 Å². The highest BCUT2D eigenvalue weighted by molar-refractivity contribution is 6.02. The van der Waals surface area contributed by atoms with Crippen molar-refractivity contribution < 1.29 is 13.9 Å². The second-order valence-corrected chi connectivity index (χ2v) is 5.58. The molecule has 0 fully saturated rings. The molecule has 2 heterocycles. The summed E-state index contributed by atoms with van der Waals surface area (Å²) in [6.45, 7) is 5.79. The molecule has 0 atom stereocenters. The van der Waals surface area contributed by atoms with E-state index in [-0.39, 0.29) is 23.4 Å². The van der Waals surface area contributed by atoms with Gasteiger partial charge in [0, 0.05) is 17.5 Å². The van der Waals surface area contributed by atoms with Gasteiger partial charge in [0.2, 0.25) is 0 Å². The van der Waals surface area contributed by atoms with Gasteiger partial charge in [-0.15, -0.1) is 0 Å². The third-order valence-corrected chi connectivity index (χ3v) is 4.03. The van der Waals surface area contributed by atoms with Gasteiger partial charge < -0.3 is 9.72 Å². The monoisotopic (exact) mass is 343 g/mol. The zero-order valence-corrected chi connectivity index (χ0v) is 14.2. The summed E-state index contributed by atoms with van der Waals surface area (Å²) in [6, 6.07) is 5.98. The maximum atomic E-state index is 13.7. The van der Waals surface area contributed by atoms with Crippen molar-refractivity contribution in [2.75, 3.05) is 6.61 Å². The summed E-state index contributed by atoms with van der Waals surface area (Å²) in [5.74, 6) is -0.940. The van der Waals surface area contributed by atoms with Gasteiger partial charge >= 0.3 is 5.97 Å². The van der Waals surface area contributed by atoms with Crippen molar-refractivity contribution >= 4 is 16.9 Å². The van der Waals surface area contributed by atoms with E-state index in [9.17, 15) is 14.0 Å². The first-order chi connectivity index (χ1) is 12.0. The molecule has 25 heavy (non-hydrogen) atoms. The Morgan fingerprint density at radius 2 is 2.12 bits per heavy atom. The van der Waals surface area contributed by atoms with Crippen molar-refractivity contribution in [2.45, 2.75) is 27.3 Å². The molecule has 3 aromatic rings. The molecule has 0 aliphatic rings. The van der Waals surface area contributed by atoms with Crippen LogP contribution in [-0.4, -0.2) is 27.3 Å². The molecule has 0 saturated carbocycles. The van der Waals surface area contributed by atoms with Crippen LogP contribution in [0.1, 0.15) is 29.9 Å². The first-order valence-electron chi connectivity index (χ1n) is 8.04. The van der Waals surface area contributed by atoms with E-state index < -0.39 is 11.8 Å². The lowest BCUT2D eigenvalue weighted by Gasteiger charge is -2.08. The summed E-state index contributed by atoms with van der Waals surface area (Å²) in [5, 5.41) is 4.88. The minimum atomic E-state index is -0.538. The number of halogens is 1. The molecule has 6 nitrogen and oxygen atoms in total. The number of aromatic amines is 1. The smallest absolute Gasteiger partial charge is 0.355 e. The highest BCUT2D eigenvalue weighted by atomic mass is 19.1. The van der Waals surface area contributed by atoms with Crippen molar-refractivity contribution in [3.05, 3.63) is 51.7 Å². The minimum Gasteiger partial charge on any atom is -0.461 e. The fourth-order valence-electron chi connectivity index (χ4n) is 2.85. The zero-order chi connectivity index (χ0) is 18.1. The van der Waals surface area contributed by atoms with E-state index in [1.54, 1.807) is 32.9 Å². The van der Waals surface area contributed by atoms with Gasteiger partial charge in [-0.3, -0.25) is 4.79 Å². The molecule has 1 aromatic carbocycles. The van der Waals surface area contributed by atoms with Crippen molar-refractivity contribution in [1.82, 2.24) is 14.8 Å². The Morgan fingerprint density at radius 3 is 2.76 bits per heavy atom. The van der Waals surface area contributed by atoms with Crippen LogP contribution in [0.5, 0.6) is 0 Å². The number of rotatable bonds is 4. The highest BCUT2D eigenvalue weighted by Crippen LogP contribution is 2.30. The summed E-state index contributed by atoms with van der Waals surface area (Å²) in [4.78, 5) is 27.6. The lowest BCUT2D eigenvalue weighted by Crippen LogP contribution is -2.23. The summed E-state index contributed by atoms with van der Waals surface area (Å²) < 4.78 is 20.0. The van der Waals surface area contributed by atoms with Gasteiger partial charge in [-0.05, 0) is 38.5 Å². The Bertz CT molecular complexity index is 1020. The number of H-pyrrole nitrogens is 1. The van der Waals surface area contributed by atoms with Gasteiger partial charge in [-0.25, -0.2) is 13.9 Å². The van der Waals surface area contributed by atoms with Gasteiger partial charge in [-0.1, -0.05) is 12.1 Å². The average molecular weight is 343 g/mol. The zero-order valence-electron chi connectivity index (χ0n) is 14.2. The number of hydrogen-bond acceptors (Lipinski definition) is 4. The lowest BCUT2D eigenvalue weighted by atomic mass is 10.0. The van der Waals surface area contributed by atoms with Crippen LogP contribution in [0.4, 0.5) is 4.39 Å². The number of ether oxygens (including phenoxy) is 1. The second-order valence-electron chi connectivity index (χ2n) is 5.58. The fourth-order valence-corrected chi connectivity index (χ4v) is 2.85. The van der Waals surface area contributed by atoms with Crippen LogP contribution in [0.2, 0.25) is 0 Å². The normalized spacial score (nSPS) is 11.0. The van der Waals surface area contributed by atoms with E-state index in [0.29, 0.717) is 28.8 Å². The number of carbonyl (C=O) groups is 1. The van der Waals surface area contributed by atoms with E-state index in [0.717, 1.165) is 0 Å². The Morgan fingerprint density at radius 1 is 1.36 bits per heavy atom. The maximum absolute atomic E-state index is 13.7. The molecule has 1 N–H and O–H groups in total. The van der Waals surface area contributed by atoms with Gasteiger partial charge in [-0.2, -0.15) is 5.10 Å². The quantitative estimate of drug-likeness (QED) is 0.739. The van der Waals surface area contributed by atoms with Crippen LogP contribution in [0.3, 0.4) is 0 Å². The fraction of sp³-hybridized carbons (Fsp3) is 0.278. The number of fused-ring (bicyclic) bond motifs is 1. The first kappa shape index (κ1) is 16.9. The molecule has 0 unspecified atom stereocenters. The van der Waals surface area contributed by atoms with Crippen molar-refractivity contribution in [3.63, 3.8) is 0 Å². The molecule has 130 valence electrons. The second kappa shape index (κ2) is 6.51. The minimum absolute atomic E-state index is 0.210. The number of esters is 1. The number of nitrogens with zero attached hydrogens (tertiary/aromatic N) is 2. The van der Waals surface area contributed by atoms with E-state index in [1.165, 1.54) is 16.8 Å². The van der Waals surface area contributed by atoms with E-state index in [4.69, 9.17) is 4.74 Å². The van der Waals surface area contributed by atoms with Crippen molar-refractivity contribution in [2.24, 2.45) is 0 Å². The Hall–Kier alpha value is -2.96. The van der Waals surface area contributed by atoms with Crippen LogP contribution in [0.15, 0.2) is 29.1 Å². The summed E-state index contributed by atoms with van der Waals surface area (Å²) in [6.07, 6.45) is 0. The Labute approximate surface area is 143 Å². The predicted molar refractivity (Wildman–Crippen MR) is 92.1 cm³/mol. The topological polar surface area (TPSA) is 77.0 Å². The lowest BCUT2D eigenvalue weighted by molar-refractivity contribution is 0.0519. The summed E-state index contributed by atoms with van der Waals surface area (Å²) in [7, 11) is 0. The van der Waals surface area contributed by atoms with Crippen LogP contribution in [0, 0.1) is 12.7 Å². The first-order valence-corrected chi connectivity index (χ1v) is 8.04. The molecular weight excluding hydrogens is 325 g/mol. The van der Waals surface area contributed by atoms with Crippen molar-refractivity contribution in [3.8, 4) is 11.3 Å². The molecule has 0 spiro atoms. The summed E-state index contributed by atoms with van der Waals surface area (Å²) >= 11 is 0. The maximum Gasteiger partial charge on any atom is 0.355 e. The molecule has 2 aromatic heterocycles. The number of hydrogen-bond donors (Lipinski definition) is 1. The standard InChI is InChI=1S/C18H18FN3O3/c1-4-22-17(23)16-13(10(3)14(20-16)18(24)25-5-2)15(21-22)11-7-6-8-12(19)9-11/h6-9,20H,4-5H2,1-3H3. The number of benzene rings is 1. The molecule has 3 rings (SSSR count). The Kier molecular flexibility index (Phi) is 4.39. The molecule has 0 aliphatic carbocycles. The molecule has 0 radical (unpaired) electrons. The van der Waals surface area contributed by atoms with E-state index >= 15 is 0 Å². The van der Waals surface area contributed by atoms with Gasteiger partial charge in [0.05, 0.1) is 6.61 Å². The van der Waals surface area contributed by atoms with Gasteiger partial charge in [0.1, 0.15) is 22.7 Å². The number of aromatic nitrogens is 3. The number of nitrogens with one attached hydrogen (secondary N) is 1. The highest BCUT2D eigenvalue weighted by Gasteiger charge is 2.22. The molecule has 0 saturated heterocycles. The van der Waals surface area contributed by atoms with Crippen LogP contribution < -0.4 is 5.56 Å². The van der Waals surface area contributed by atoms with Crippen LogP contribution in [-0.2, 0) is 11.3 Å². The van der Waals surface area contributed by atoms with Gasteiger partial charge in [0.15, 0.2) is 0 Å². The largest absolute Gasteiger partial charge is 0.461 e. The van der Waals surface area contributed by atoms with Crippen molar-refractivity contribution in [1.29, 1.82) is 0 Å². The third-order valence-electron chi connectivity index (χ3n) is 4.03. The molecule has 0 aliphatic heterocycles. The Balaban J connectivity index is 2.38. The number of carbonyl (C=O) groups excluding carboxylic acids is 1. The number of aryl methyl sites for hydroxylation is 2.